The lowest BCUT2D eigenvalue weighted by atomic mass is 10.1. The zero-order chi connectivity index (χ0) is 24.4. The molecule has 35 heavy (non-hydrogen) atoms. The predicted molar refractivity (Wildman–Crippen MR) is 141 cm³/mol. The quantitative estimate of drug-likeness (QED) is 0.236. The van der Waals surface area contributed by atoms with E-state index in [0.717, 1.165) is 50.1 Å². The standard InChI is InChI=1S/C26H25N7OS/c1-15(2)31-21-11-25(32-18-7-8-20-23(10-18)35-14-30-20)28-12-19(21)22-13-29-24(33-22)9-16-3-5-17(6-4-16)26(27)34/h3-8,10-15H,9H2,1-2H3,(H2,27,34)(H,29,33)(H2,28,31,32). The number of imidazole rings is 1. The summed E-state index contributed by atoms with van der Waals surface area (Å²) in [6, 6.07) is 15.6. The SMILES string of the molecule is CC(C)Nc1cc(Nc2ccc3ncsc3c2)ncc1-c1cnc(Cc2ccc(C(N)=O)cc2)[nH]1. The number of nitrogens with two attached hydrogens (primary N) is 1. The van der Waals surface area contributed by atoms with Crippen molar-refractivity contribution >= 4 is 44.7 Å². The molecule has 2 aromatic carbocycles. The number of fused-ring (bicyclic) bond motifs is 1. The van der Waals surface area contributed by atoms with Crippen LogP contribution in [-0.2, 0) is 6.42 Å². The minimum absolute atomic E-state index is 0.240. The normalized spacial score (nSPS) is 11.2. The van der Waals surface area contributed by atoms with Gasteiger partial charge in [-0.3, -0.25) is 4.79 Å². The number of H-pyrrole nitrogens is 1. The summed E-state index contributed by atoms with van der Waals surface area (Å²) in [7, 11) is 0. The molecule has 0 aliphatic rings. The molecule has 3 heterocycles. The number of benzene rings is 2. The summed E-state index contributed by atoms with van der Waals surface area (Å²) in [5.41, 5.74) is 13.4. The number of anilines is 3. The van der Waals surface area contributed by atoms with E-state index in [-0.39, 0.29) is 6.04 Å². The number of thiazole rings is 1. The van der Waals surface area contributed by atoms with Gasteiger partial charge in [0.2, 0.25) is 5.91 Å². The third kappa shape index (κ3) is 5.15. The molecule has 0 fully saturated rings. The van der Waals surface area contributed by atoms with Crippen LogP contribution in [0, 0.1) is 0 Å². The second-order valence-corrected chi connectivity index (χ2v) is 9.44. The van der Waals surface area contributed by atoms with Crippen molar-refractivity contribution in [3.05, 3.63) is 83.4 Å². The second-order valence-electron chi connectivity index (χ2n) is 8.56. The topological polar surface area (TPSA) is 122 Å². The molecule has 3 aromatic heterocycles. The Labute approximate surface area is 206 Å². The second kappa shape index (κ2) is 9.55. The van der Waals surface area contributed by atoms with Crippen molar-refractivity contribution in [1.82, 2.24) is 19.9 Å². The molecular weight excluding hydrogens is 458 g/mol. The first-order valence-electron chi connectivity index (χ1n) is 11.2. The summed E-state index contributed by atoms with van der Waals surface area (Å²) >= 11 is 1.61. The van der Waals surface area contributed by atoms with Crippen molar-refractivity contribution in [2.75, 3.05) is 10.6 Å². The van der Waals surface area contributed by atoms with E-state index >= 15 is 0 Å². The maximum atomic E-state index is 11.3. The number of nitrogens with zero attached hydrogens (tertiary/aromatic N) is 3. The Hall–Kier alpha value is -4.24. The maximum absolute atomic E-state index is 11.3. The number of rotatable bonds is 8. The Morgan fingerprint density at radius 2 is 1.89 bits per heavy atom. The van der Waals surface area contributed by atoms with E-state index in [4.69, 9.17) is 5.73 Å². The van der Waals surface area contributed by atoms with Gasteiger partial charge in [0.05, 0.1) is 27.6 Å². The number of hydrogen-bond acceptors (Lipinski definition) is 7. The number of aromatic amines is 1. The lowest BCUT2D eigenvalue weighted by molar-refractivity contribution is 0.100. The highest BCUT2D eigenvalue weighted by Gasteiger charge is 2.13. The van der Waals surface area contributed by atoms with Crippen LogP contribution in [0.2, 0.25) is 0 Å². The minimum Gasteiger partial charge on any atom is -0.382 e. The highest BCUT2D eigenvalue weighted by Crippen LogP contribution is 2.31. The van der Waals surface area contributed by atoms with Gasteiger partial charge in [0.15, 0.2) is 0 Å². The van der Waals surface area contributed by atoms with Gasteiger partial charge in [0, 0.05) is 47.2 Å². The lowest BCUT2D eigenvalue weighted by Gasteiger charge is -2.16. The Kier molecular flexibility index (Phi) is 6.15. The first kappa shape index (κ1) is 22.5. The first-order chi connectivity index (χ1) is 16.9. The average Bonchev–Trinajstić information content (AvgIpc) is 3.48. The van der Waals surface area contributed by atoms with Crippen LogP contribution in [0.15, 0.2) is 66.4 Å². The zero-order valence-corrected chi connectivity index (χ0v) is 20.2. The van der Waals surface area contributed by atoms with E-state index in [1.165, 1.54) is 0 Å². The highest BCUT2D eigenvalue weighted by atomic mass is 32.1. The Balaban J connectivity index is 1.38. The van der Waals surface area contributed by atoms with Crippen molar-refractivity contribution in [2.24, 2.45) is 5.73 Å². The molecule has 0 atom stereocenters. The van der Waals surface area contributed by atoms with Crippen LogP contribution in [0.4, 0.5) is 17.2 Å². The van der Waals surface area contributed by atoms with Gasteiger partial charge in [-0.1, -0.05) is 12.1 Å². The Bertz CT molecular complexity index is 1490. The van der Waals surface area contributed by atoms with E-state index in [9.17, 15) is 4.79 Å². The molecule has 8 nitrogen and oxygen atoms in total. The summed E-state index contributed by atoms with van der Waals surface area (Å²) in [6.45, 7) is 4.20. The third-order valence-electron chi connectivity index (χ3n) is 5.48. The molecule has 0 saturated heterocycles. The molecule has 0 spiro atoms. The smallest absolute Gasteiger partial charge is 0.248 e. The van der Waals surface area contributed by atoms with Crippen LogP contribution in [0.3, 0.4) is 0 Å². The van der Waals surface area contributed by atoms with Crippen LogP contribution in [0.5, 0.6) is 0 Å². The van der Waals surface area contributed by atoms with Gasteiger partial charge in [0.25, 0.3) is 0 Å². The van der Waals surface area contributed by atoms with Crippen LogP contribution in [0.25, 0.3) is 21.5 Å². The largest absolute Gasteiger partial charge is 0.382 e. The van der Waals surface area contributed by atoms with E-state index < -0.39 is 5.91 Å². The number of carbonyl (C=O) groups excluding carboxylic acids is 1. The van der Waals surface area contributed by atoms with Crippen LogP contribution in [-0.4, -0.2) is 31.9 Å². The fourth-order valence-corrected chi connectivity index (χ4v) is 4.54. The number of nitrogens with one attached hydrogen (secondary N) is 3. The number of pyridine rings is 1. The minimum atomic E-state index is -0.434. The molecule has 5 aromatic rings. The maximum Gasteiger partial charge on any atom is 0.248 e. The number of amides is 1. The summed E-state index contributed by atoms with van der Waals surface area (Å²) in [5, 5.41) is 6.92. The molecular formula is C26H25N7OS. The van der Waals surface area contributed by atoms with E-state index in [1.807, 2.05) is 48.2 Å². The fraction of sp³-hybridized carbons (Fsp3) is 0.154. The Morgan fingerprint density at radius 3 is 2.66 bits per heavy atom. The van der Waals surface area contributed by atoms with E-state index in [0.29, 0.717) is 12.0 Å². The van der Waals surface area contributed by atoms with Gasteiger partial charge in [-0.15, -0.1) is 11.3 Å². The average molecular weight is 484 g/mol. The molecule has 0 radical (unpaired) electrons. The summed E-state index contributed by atoms with van der Waals surface area (Å²) < 4.78 is 1.13. The van der Waals surface area contributed by atoms with E-state index in [2.05, 4.69) is 50.5 Å². The van der Waals surface area contributed by atoms with Crippen molar-refractivity contribution < 1.29 is 4.79 Å². The molecule has 0 aliphatic carbocycles. The van der Waals surface area contributed by atoms with Gasteiger partial charge in [-0.05, 0) is 49.7 Å². The van der Waals surface area contributed by atoms with Crippen LogP contribution in [0.1, 0.15) is 35.6 Å². The van der Waals surface area contributed by atoms with Crippen LogP contribution < -0.4 is 16.4 Å². The lowest BCUT2D eigenvalue weighted by Crippen LogP contribution is -2.11. The molecule has 0 unspecified atom stereocenters. The fourth-order valence-electron chi connectivity index (χ4n) is 3.82. The molecule has 9 heteroatoms. The van der Waals surface area contributed by atoms with Crippen molar-refractivity contribution in [1.29, 1.82) is 0 Å². The summed E-state index contributed by atoms with van der Waals surface area (Å²) in [4.78, 5) is 28.2. The van der Waals surface area contributed by atoms with Gasteiger partial charge in [-0.2, -0.15) is 0 Å². The predicted octanol–water partition coefficient (Wildman–Crippen LogP) is 5.34. The van der Waals surface area contributed by atoms with Crippen molar-refractivity contribution in [2.45, 2.75) is 26.3 Å². The van der Waals surface area contributed by atoms with Gasteiger partial charge >= 0.3 is 0 Å². The van der Waals surface area contributed by atoms with Gasteiger partial charge in [-0.25, -0.2) is 15.0 Å². The highest BCUT2D eigenvalue weighted by molar-refractivity contribution is 7.16. The van der Waals surface area contributed by atoms with Gasteiger partial charge < -0.3 is 21.4 Å². The first-order valence-corrected chi connectivity index (χ1v) is 12.1. The Morgan fingerprint density at radius 1 is 1.06 bits per heavy atom. The van der Waals surface area contributed by atoms with Crippen molar-refractivity contribution in [3.63, 3.8) is 0 Å². The molecule has 5 N–H and O–H groups in total. The van der Waals surface area contributed by atoms with Gasteiger partial charge in [0.1, 0.15) is 11.6 Å². The van der Waals surface area contributed by atoms with Crippen molar-refractivity contribution in [3.8, 4) is 11.3 Å². The number of aromatic nitrogens is 4. The summed E-state index contributed by atoms with van der Waals surface area (Å²) in [5.74, 6) is 1.13. The summed E-state index contributed by atoms with van der Waals surface area (Å²) in [6.07, 6.45) is 4.27. The molecule has 0 aliphatic heterocycles. The molecule has 5 rings (SSSR count). The number of carbonyl (C=O) groups is 1. The number of primary amides is 1. The number of hydrogen-bond donors (Lipinski definition) is 4. The molecule has 0 bridgehead atoms. The van der Waals surface area contributed by atoms with Crippen LogP contribution >= 0.6 is 11.3 Å². The molecule has 176 valence electrons. The monoisotopic (exact) mass is 483 g/mol. The van der Waals surface area contributed by atoms with E-state index in [1.54, 1.807) is 23.5 Å². The zero-order valence-electron chi connectivity index (χ0n) is 19.4. The third-order valence-corrected chi connectivity index (χ3v) is 6.27. The molecule has 1 amide bonds. The molecule has 0 saturated carbocycles.